The lowest BCUT2D eigenvalue weighted by molar-refractivity contribution is 0.602. The normalized spacial score (nSPS) is 11.6. The summed E-state index contributed by atoms with van der Waals surface area (Å²) in [5.74, 6) is 0. The lowest BCUT2D eigenvalue weighted by Gasteiger charge is -2.04. The predicted molar refractivity (Wildman–Crippen MR) is 62.1 cm³/mol. The van der Waals surface area contributed by atoms with E-state index in [1.807, 2.05) is 0 Å². The van der Waals surface area contributed by atoms with E-state index in [1.54, 1.807) is 12.1 Å². The highest BCUT2D eigenvalue weighted by molar-refractivity contribution is 9.09. The number of rotatable bonds is 3. The first-order valence-corrected chi connectivity index (χ1v) is 7.38. The number of alkyl halides is 1. The van der Waals surface area contributed by atoms with Crippen molar-refractivity contribution in [2.75, 3.05) is 11.6 Å². The molecule has 14 heavy (non-hydrogen) atoms. The van der Waals surface area contributed by atoms with Crippen LogP contribution in [0.1, 0.15) is 5.56 Å². The fraction of sp³-hybridized carbons (Fsp3) is 0.333. The summed E-state index contributed by atoms with van der Waals surface area (Å²) in [5.41, 5.74) is 0.955. The van der Waals surface area contributed by atoms with Gasteiger partial charge in [-0.25, -0.2) is 8.42 Å². The van der Waals surface area contributed by atoms with Gasteiger partial charge in [-0.3, -0.25) is 0 Å². The van der Waals surface area contributed by atoms with Crippen LogP contribution in [0, 0.1) is 0 Å². The minimum atomic E-state index is -3.15. The molecule has 0 saturated heterocycles. The molecule has 1 aromatic rings. The molecular weight excluding hydrogens is 288 g/mol. The molecule has 0 unspecified atom stereocenters. The van der Waals surface area contributed by atoms with Gasteiger partial charge in [0, 0.05) is 16.6 Å². The van der Waals surface area contributed by atoms with E-state index >= 15 is 0 Å². The number of sulfone groups is 1. The lowest BCUT2D eigenvalue weighted by atomic mass is 10.2. The quantitative estimate of drug-likeness (QED) is 0.804. The van der Waals surface area contributed by atoms with Crippen molar-refractivity contribution >= 4 is 37.4 Å². The zero-order chi connectivity index (χ0) is 10.8. The van der Waals surface area contributed by atoms with Gasteiger partial charge in [0.15, 0.2) is 9.84 Å². The highest BCUT2D eigenvalue weighted by Gasteiger charge is 2.09. The first kappa shape index (κ1) is 12.0. The first-order chi connectivity index (χ1) is 6.45. The predicted octanol–water partition coefficient (Wildman–Crippen LogP) is 2.68. The van der Waals surface area contributed by atoms with Crippen molar-refractivity contribution in [1.29, 1.82) is 0 Å². The van der Waals surface area contributed by atoms with Gasteiger partial charge >= 0.3 is 0 Å². The molecule has 0 aromatic heterocycles. The fourth-order valence-electron chi connectivity index (χ4n) is 1.06. The number of hydrogen-bond donors (Lipinski definition) is 0. The Bertz CT molecular complexity index is 428. The van der Waals surface area contributed by atoms with Crippen LogP contribution in [0.3, 0.4) is 0 Å². The molecule has 5 heteroatoms. The second-order valence-electron chi connectivity index (χ2n) is 2.96. The summed E-state index contributed by atoms with van der Waals surface area (Å²) in [6.45, 7) is 0. The monoisotopic (exact) mass is 296 g/mol. The third kappa shape index (κ3) is 2.97. The summed E-state index contributed by atoms with van der Waals surface area (Å²) < 4.78 is 22.4. The molecule has 0 fully saturated rings. The van der Waals surface area contributed by atoms with Crippen LogP contribution in [-0.4, -0.2) is 20.0 Å². The summed E-state index contributed by atoms with van der Waals surface area (Å²) >= 11 is 9.23. The SMILES string of the molecule is CS(=O)(=O)c1ccc(CCBr)c(Cl)c1. The Hall–Kier alpha value is -0.0600. The van der Waals surface area contributed by atoms with E-state index in [2.05, 4.69) is 15.9 Å². The zero-order valence-electron chi connectivity index (χ0n) is 7.63. The molecule has 0 saturated carbocycles. The van der Waals surface area contributed by atoms with Gasteiger partial charge in [-0.15, -0.1) is 0 Å². The highest BCUT2D eigenvalue weighted by Crippen LogP contribution is 2.21. The molecule has 1 rings (SSSR count). The van der Waals surface area contributed by atoms with Gasteiger partial charge in [0.1, 0.15) is 0 Å². The highest BCUT2D eigenvalue weighted by atomic mass is 79.9. The smallest absolute Gasteiger partial charge is 0.175 e. The Morgan fingerprint density at radius 2 is 2.07 bits per heavy atom. The van der Waals surface area contributed by atoms with Crippen LogP contribution in [0.15, 0.2) is 23.1 Å². The van der Waals surface area contributed by atoms with Crippen molar-refractivity contribution in [3.63, 3.8) is 0 Å². The maximum Gasteiger partial charge on any atom is 0.175 e. The van der Waals surface area contributed by atoms with Gasteiger partial charge in [0.2, 0.25) is 0 Å². The second-order valence-corrected chi connectivity index (χ2v) is 6.18. The summed E-state index contributed by atoms with van der Waals surface area (Å²) in [5, 5.41) is 1.32. The van der Waals surface area contributed by atoms with Crippen molar-refractivity contribution in [2.24, 2.45) is 0 Å². The number of benzene rings is 1. The summed E-state index contributed by atoms with van der Waals surface area (Å²) in [4.78, 5) is 0.265. The van der Waals surface area contributed by atoms with Crippen molar-refractivity contribution in [1.82, 2.24) is 0 Å². The molecule has 1 aromatic carbocycles. The topological polar surface area (TPSA) is 34.1 Å². The zero-order valence-corrected chi connectivity index (χ0v) is 10.8. The minimum Gasteiger partial charge on any atom is -0.224 e. The molecular formula is C9H10BrClO2S. The van der Waals surface area contributed by atoms with Crippen LogP contribution in [-0.2, 0) is 16.3 Å². The Balaban J connectivity index is 3.13. The van der Waals surface area contributed by atoms with E-state index in [1.165, 1.54) is 12.3 Å². The van der Waals surface area contributed by atoms with Gasteiger partial charge in [0.25, 0.3) is 0 Å². The molecule has 0 bridgehead atoms. The Labute approximate surface area is 97.3 Å². The van der Waals surface area contributed by atoms with Crippen LogP contribution in [0.25, 0.3) is 0 Å². The summed E-state index contributed by atoms with van der Waals surface area (Å²) in [6, 6.07) is 4.83. The Kier molecular flexibility index (Phi) is 3.98. The maximum atomic E-state index is 11.2. The fourth-order valence-corrected chi connectivity index (χ4v) is 2.48. The Morgan fingerprint density at radius 3 is 2.50 bits per heavy atom. The standard InChI is InChI=1S/C9H10BrClO2S/c1-14(12,13)8-3-2-7(4-5-10)9(11)6-8/h2-3,6H,4-5H2,1H3. The molecule has 0 amide bonds. The van der Waals surface area contributed by atoms with Crippen LogP contribution in [0.5, 0.6) is 0 Å². The van der Waals surface area contributed by atoms with E-state index in [9.17, 15) is 8.42 Å². The van der Waals surface area contributed by atoms with Gasteiger partial charge in [0.05, 0.1) is 4.90 Å². The molecule has 78 valence electrons. The van der Waals surface area contributed by atoms with Crippen molar-refractivity contribution < 1.29 is 8.42 Å². The summed E-state index contributed by atoms with van der Waals surface area (Å²) in [7, 11) is -3.15. The second kappa shape index (κ2) is 4.64. The minimum absolute atomic E-state index is 0.265. The van der Waals surface area contributed by atoms with Crippen LogP contribution < -0.4 is 0 Å². The largest absolute Gasteiger partial charge is 0.224 e. The number of aryl methyl sites for hydroxylation is 1. The molecule has 0 N–H and O–H groups in total. The number of halogens is 2. The van der Waals surface area contributed by atoms with Gasteiger partial charge in [-0.05, 0) is 24.1 Å². The molecule has 0 atom stereocenters. The van der Waals surface area contributed by atoms with E-state index < -0.39 is 9.84 Å². The van der Waals surface area contributed by atoms with Crippen molar-refractivity contribution in [3.8, 4) is 0 Å². The van der Waals surface area contributed by atoms with E-state index in [-0.39, 0.29) is 4.90 Å². The average molecular weight is 298 g/mol. The molecule has 0 spiro atoms. The van der Waals surface area contributed by atoms with Crippen LogP contribution in [0.4, 0.5) is 0 Å². The molecule has 0 aliphatic rings. The van der Waals surface area contributed by atoms with E-state index in [0.29, 0.717) is 5.02 Å². The maximum absolute atomic E-state index is 11.2. The van der Waals surface area contributed by atoms with Crippen LogP contribution >= 0.6 is 27.5 Å². The van der Waals surface area contributed by atoms with Gasteiger partial charge < -0.3 is 0 Å². The first-order valence-electron chi connectivity index (χ1n) is 3.99. The van der Waals surface area contributed by atoms with Gasteiger partial charge in [-0.1, -0.05) is 33.6 Å². The average Bonchev–Trinajstić information content (AvgIpc) is 2.07. The van der Waals surface area contributed by atoms with Crippen molar-refractivity contribution in [2.45, 2.75) is 11.3 Å². The van der Waals surface area contributed by atoms with Crippen molar-refractivity contribution in [3.05, 3.63) is 28.8 Å². The lowest BCUT2D eigenvalue weighted by Crippen LogP contribution is -1.98. The molecule has 0 radical (unpaired) electrons. The molecule has 0 heterocycles. The molecule has 0 aliphatic heterocycles. The number of hydrogen-bond acceptors (Lipinski definition) is 2. The Morgan fingerprint density at radius 1 is 1.43 bits per heavy atom. The summed E-state index contributed by atoms with van der Waals surface area (Å²) in [6.07, 6.45) is 1.96. The van der Waals surface area contributed by atoms with E-state index in [4.69, 9.17) is 11.6 Å². The van der Waals surface area contributed by atoms with Crippen LogP contribution in [0.2, 0.25) is 5.02 Å². The molecule has 2 nitrogen and oxygen atoms in total. The third-order valence-corrected chi connectivity index (χ3v) is 3.68. The molecule has 0 aliphatic carbocycles. The van der Waals surface area contributed by atoms with E-state index in [0.717, 1.165) is 17.3 Å². The third-order valence-electron chi connectivity index (χ3n) is 1.82. The van der Waals surface area contributed by atoms with Gasteiger partial charge in [-0.2, -0.15) is 0 Å².